The van der Waals surface area contributed by atoms with Crippen LogP contribution < -0.4 is 11.4 Å². The lowest BCUT2D eigenvalue weighted by Crippen LogP contribution is -2.37. The van der Waals surface area contributed by atoms with Crippen LogP contribution in [0.5, 0.6) is 0 Å². The molecule has 0 spiro atoms. The van der Waals surface area contributed by atoms with Crippen LogP contribution in [0.2, 0.25) is 0 Å². The summed E-state index contributed by atoms with van der Waals surface area (Å²) >= 11 is 0. The normalized spacial score (nSPS) is 29.3. The van der Waals surface area contributed by atoms with E-state index in [1.54, 1.807) is 0 Å². The lowest BCUT2D eigenvalue weighted by Gasteiger charge is -2.23. The number of rotatable bonds is 8. The number of nitrogens with zero attached hydrogens (tertiary/aromatic N) is 2. The van der Waals surface area contributed by atoms with Crippen LogP contribution in [-0.2, 0) is 31.6 Å². The van der Waals surface area contributed by atoms with Crippen LogP contribution in [0.25, 0.3) is 0 Å². The second-order valence-electron chi connectivity index (χ2n) is 5.44. The summed E-state index contributed by atoms with van der Waals surface area (Å²) < 4.78 is 51.4. The number of aliphatic hydroxyl groups excluding tert-OH is 2. The van der Waals surface area contributed by atoms with Gasteiger partial charge >= 0.3 is 29.2 Å². The van der Waals surface area contributed by atoms with Crippen LogP contribution in [-0.4, -0.2) is 64.3 Å². The van der Waals surface area contributed by atoms with Gasteiger partial charge in [0.25, 0.3) is 0 Å². The summed E-state index contributed by atoms with van der Waals surface area (Å²) in [6.45, 7) is -0.912. The smallest absolute Gasteiger partial charge is 0.394 e. The van der Waals surface area contributed by atoms with Gasteiger partial charge in [-0.15, -0.1) is 0 Å². The number of ether oxygens (including phenoxy) is 1. The summed E-state index contributed by atoms with van der Waals surface area (Å²) in [5.41, 5.74) is 4.35. The summed E-state index contributed by atoms with van der Waals surface area (Å²) in [4.78, 5) is 51.0. The molecule has 0 bridgehead atoms. The molecule has 29 heavy (non-hydrogen) atoms. The highest BCUT2D eigenvalue weighted by atomic mass is 31.3. The fourth-order valence-corrected chi connectivity index (χ4v) is 5.53. The van der Waals surface area contributed by atoms with Crippen molar-refractivity contribution in [1.29, 1.82) is 0 Å². The number of hydrogen-bond acceptors (Lipinski definition) is 12. The molecule has 0 saturated carbocycles. The van der Waals surface area contributed by atoms with E-state index in [9.17, 15) is 33.6 Å². The number of phosphoric ester groups is 1. The van der Waals surface area contributed by atoms with Gasteiger partial charge in [-0.05, 0) is 6.07 Å². The topological polar surface area (TPSA) is 270 Å². The molecular formula is C9H16N3O14P3. The Morgan fingerprint density at radius 2 is 1.79 bits per heavy atom. The number of nitrogen functional groups attached to an aromatic ring is 1. The number of phosphoric acid groups is 3. The zero-order valence-electron chi connectivity index (χ0n) is 13.9. The third-order valence-electron chi connectivity index (χ3n) is 3.29. The molecule has 6 atom stereocenters. The van der Waals surface area contributed by atoms with Crippen LogP contribution >= 0.6 is 23.5 Å². The zero-order valence-corrected chi connectivity index (χ0v) is 16.6. The monoisotopic (exact) mass is 483 g/mol. The lowest BCUT2D eigenvalue weighted by atomic mass is 10.1. The predicted octanol–water partition coefficient (Wildman–Crippen LogP) is -2.21. The van der Waals surface area contributed by atoms with E-state index >= 15 is 0 Å². The highest BCUT2D eigenvalue weighted by Crippen LogP contribution is 2.67. The SMILES string of the molecule is Nc1ccn([C@@H]2O[C@H](CO)[C@@H](OP(=O)(O)OP(=O)(O)OP(=O)(O)O)[C@H]2O)c(=O)n1. The Kier molecular flexibility index (Phi) is 7.20. The summed E-state index contributed by atoms with van der Waals surface area (Å²) in [6, 6.07) is 1.17. The van der Waals surface area contributed by atoms with E-state index in [2.05, 4.69) is 18.1 Å². The Bertz CT molecular complexity index is 946. The molecule has 166 valence electrons. The van der Waals surface area contributed by atoms with Crippen molar-refractivity contribution < 1.29 is 61.4 Å². The average Bonchev–Trinajstić information content (AvgIpc) is 2.79. The van der Waals surface area contributed by atoms with Crippen LogP contribution in [0.4, 0.5) is 5.82 Å². The van der Waals surface area contributed by atoms with E-state index in [1.165, 1.54) is 6.07 Å². The molecule has 20 heteroatoms. The van der Waals surface area contributed by atoms with E-state index in [0.29, 0.717) is 0 Å². The van der Waals surface area contributed by atoms with Crippen LogP contribution in [0, 0.1) is 0 Å². The van der Waals surface area contributed by atoms with Gasteiger partial charge in [0.2, 0.25) is 0 Å². The molecule has 0 aromatic carbocycles. The van der Waals surface area contributed by atoms with Gasteiger partial charge in [0, 0.05) is 6.20 Å². The van der Waals surface area contributed by atoms with Crippen molar-refractivity contribution in [3.63, 3.8) is 0 Å². The minimum Gasteiger partial charge on any atom is -0.394 e. The Labute approximate surface area is 160 Å². The van der Waals surface area contributed by atoms with Crippen molar-refractivity contribution in [1.82, 2.24) is 9.55 Å². The van der Waals surface area contributed by atoms with E-state index in [4.69, 9.17) is 25.2 Å². The molecule has 1 aliphatic heterocycles. The Morgan fingerprint density at radius 1 is 1.17 bits per heavy atom. The maximum Gasteiger partial charge on any atom is 0.490 e. The molecule has 0 amide bonds. The van der Waals surface area contributed by atoms with Crippen molar-refractivity contribution >= 4 is 29.3 Å². The molecule has 1 aliphatic rings. The van der Waals surface area contributed by atoms with Gasteiger partial charge in [-0.1, -0.05) is 0 Å². The molecule has 17 nitrogen and oxygen atoms in total. The second-order valence-corrected chi connectivity index (χ2v) is 9.81. The Morgan fingerprint density at radius 3 is 2.31 bits per heavy atom. The van der Waals surface area contributed by atoms with Gasteiger partial charge in [0.1, 0.15) is 24.1 Å². The van der Waals surface area contributed by atoms with Crippen molar-refractivity contribution in [3.8, 4) is 0 Å². The summed E-state index contributed by atoms with van der Waals surface area (Å²) in [6.07, 6.45) is -5.87. The average molecular weight is 483 g/mol. The maximum absolute atomic E-state index is 11.9. The van der Waals surface area contributed by atoms with Gasteiger partial charge < -0.3 is 40.3 Å². The van der Waals surface area contributed by atoms with E-state index < -0.39 is 60.3 Å². The molecular weight excluding hydrogens is 467 g/mol. The van der Waals surface area contributed by atoms with Crippen LogP contribution in [0.1, 0.15) is 6.23 Å². The van der Waals surface area contributed by atoms with Gasteiger partial charge in [-0.3, -0.25) is 9.09 Å². The molecule has 2 rings (SSSR count). The number of hydrogen-bond donors (Lipinski definition) is 7. The third-order valence-corrected chi connectivity index (χ3v) is 7.12. The molecule has 8 N–H and O–H groups in total. The first-order valence-electron chi connectivity index (χ1n) is 7.25. The highest BCUT2D eigenvalue weighted by molar-refractivity contribution is 7.66. The van der Waals surface area contributed by atoms with Crippen molar-refractivity contribution in [2.75, 3.05) is 12.3 Å². The van der Waals surface area contributed by atoms with E-state index in [0.717, 1.165) is 10.8 Å². The highest BCUT2D eigenvalue weighted by Gasteiger charge is 2.51. The Hall–Kier alpha value is -1.03. The van der Waals surface area contributed by atoms with E-state index in [-0.39, 0.29) is 5.82 Å². The van der Waals surface area contributed by atoms with Gasteiger partial charge in [0.05, 0.1) is 6.61 Å². The molecule has 1 aromatic rings. The van der Waals surface area contributed by atoms with Crippen LogP contribution in [0.3, 0.4) is 0 Å². The molecule has 2 heterocycles. The largest absolute Gasteiger partial charge is 0.490 e. The lowest BCUT2D eigenvalue weighted by molar-refractivity contribution is -0.0547. The predicted molar refractivity (Wildman–Crippen MR) is 88.6 cm³/mol. The zero-order chi connectivity index (χ0) is 22.2. The molecule has 1 fully saturated rings. The van der Waals surface area contributed by atoms with Gasteiger partial charge in [-0.25, -0.2) is 18.5 Å². The number of nitrogens with two attached hydrogens (primary N) is 1. The van der Waals surface area contributed by atoms with Gasteiger partial charge in [0.15, 0.2) is 6.23 Å². The first-order chi connectivity index (χ1) is 13.1. The quantitative estimate of drug-likeness (QED) is 0.193. The number of aromatic nitrogens is 2. The first kappa shape index (κ1) is 24.2. The molecule has 2 unspecified atom stereocenters. The fourth-order valence-electron chi connectivity index (χ4n) is 2.30. The molecule has 1 saturated heterocycles. The van der Waals surface area contributed by atoms with Crippen molar-refractivity contribution in [3.05, 3.63) is 22.7 Å². The van der Waals surface area contributed by atoms with Crippen molar-refractivity contribution in [2.45, 2.75) is 24.5 Å². The maximum atomic E-state index is 11.9. The van der Waals surface area contributed by atoms with Crippen LogP contribution in [0.15, 0.2) is 17.1 Å². The third kappa shape index (κ3) is 6.47. The summed E-state index contributed by atoms with van der Waals surface area (Å²) in [5.74, 6) is -0.151. The molecule has 1 aromatic heterocycles. The minimum absolute atomic E-state index is 0.151. The standard InChI is InChI=1S/C9H16N3O14P3/c10-5-1-2-12(9(15)11-5)8-6(14)7(4(3-13)23-8)24-28(19,20)26-29(21,22)25-27(16,17)18/h1-2,4,6-8,13-14H,3H2,(H,19,20)(H,21,22)(H2,10,11,15)(H2,16,17,18)/t4-,6-,7-,8-/m1/s1. The number of aliphatic hydroxyl groups is 2. The summed E-state index contributed by atoms with van der Waals surface area (Å²) in [7, 11) is -17.0. The molecule has 0 aliphatic carbocycles. The van der Waals surface area contributed by atoms with E-state index in [1.807, 2.05) is 0 Å². The summed E-state index contributed by atoms with van der Waals surface area (Å²) in [5, 5.41) is 19.6. The van der Waals surface area contributed by atoms with Gasteiger partial charge in [-0.2, -0.15) is 13.6 Å². The number of anilines is 1. The molecule has 0 radical (unpaired) electrons. The minimum atomic E-state index is -5.79. The first-order valence-corrected chi connectivity index (χ1v) is 11.8. The van der Waals surface area contributed by atoms with Crippen molar-refractivity contribution in [2.24, 2.45) is 0 Å². The fraction of sp³-hybridized carbons (Fsp3) is 0.556. The Balaban J connectivity index is 2.22. The second kappa shape index (κ2) is 8.61.